The van der Waals surface area contributed by atoms with Crippen molar-refractivity contribution in [3.05, 3.63) is 44.8 Å². The Kier molecular flexibility index (Phi) is 5.45. The number of thiocarbonyl (C=S) groups is 1. The van der Waals surface area contributed by atoms with Crippen LogP contribution in [0.1, 0.15) is 12.5 Å². The quantitative estimate of drug-likeness (QED) is 0.264. The molecule has 1 amide bonds. The molecule has 1 heterocycles. The standard InChI is InChI=1S/C14H12N2O5S2/c1-2-21-12(17)8-15-13(18)11(23-14(15)22)7-9-3-5-10(6-4-9)16(19)20/h3-7H,2,8H2,1H3. The monoisotopic (exact) mass is 352 g/mol. The third-order valence-corrected chi connectivity index (χ3v) is 4.25. The van der Waals surface area contributed by atoms with Crippen molar-refractivity contribution >= 4 is 51.9 Å². The summed E-state index contributed by atoms with van der Waals surface area (Å²) in [6, 6.07) is 5.78. The summed E-state index contributed by atoms with van der Waals surface area (Å²) >= 11 is 6.17. The van der Waals surface area contributed by atoms with Crippen molar-refractivity contribution in [1.82, 2.24) is 4.90 Å². The number of rotatable bonds is 5. The Balaban J connectivity index is 2.14. The molecule has 7 nitrogen and oxygen atoms in total. The van der Waals surface area contributed by atoms with Crippen LogP contribution in [-0.4, -0.2) is 39.2 Å². The number of nitro benzene ring substituents is 1. The average molecular weight is 352 g/mol. The number of benzene rings is 1. The van der Waals surface area contributed by atoms with Gasteiger partial charge in [-0.2, -0.15) is 0 Å². The fourth-order valence-corrected chi connectivity index (χ4v) is 3.07. The number of hydrogen-bond donors (Lipinski definition) is 0. The zero-order chi connectivity index (χ0) is 17.0. The SMILES string of the molecule is CCOC(=O)CN1C(=O)C(=Cc2ccc([N+](=O)[O-])cc2)SC1=S. The van der Waals surface area contributed by atoms with E-state index in [2.05, 4.69) is 0 Å². The highest BCUT2D eigenvalue weighted by atomic mass is 32.2. The molecule has 0 spiro atoms. The minimum Gasteiger partial charge on any atom is -0.465 e. The number of nitro groups is 1. The number of carbonyl (C=O) groups excluding carboxylic acids is 2. The van der Waals surface area contributed by atoms with E-state index in [1.54, 1.807) is 13.0 Å². The molecule has 2 rings (SSSR count). The second-order valence-electron chi connectivity index (χ2n) is 4.42. The van der Waals surface area contributed by atoms with Crippen LogP contribution >= 0.6 is 24.0 Å². The van der Waals surface area contributed by atoms with E-state index in [-0.39, 0.29) is 29.1 Å². The molecular formula is C14H12N2O5S2. The first-order valence-corrected chi connectivity index (χ1v) is 7.80. The maximum Gasteiger partial charge on any atom is 0.326 e. The van der Waals surface area contributed by atoms with Crippen LogP contribution < -0.4 is 0 Å². The van der Waals surface area contributed by atoms with E-state index in [9.17, 15) is 19.7 Å². The number of amides is 1. The lowest BCUT2D eigenvalue weighted by atomic mass is 10.2. The highest BCUT2D eigenvalue weighted by Crippen LogP contribution is 2.32. The van der Waals surface area contributed by atoms with Gasteiger partial charge < -0.3 is 4.74 Å². The smallest absolute Gasteiger partial charge is 0.326 e. The van der Waals surface area contributed by atoms with Gasteiger partial charge in [0.15, 0.2) is 0 Å². The van der Waals surface area contributed by atoms with E-state index in [0.717, 1.165) is 11.8 Å². The molecule has 0 aromatic heterocycles. The van der Waals surface area contributed by atoms with Crippen molar-refractivity contribution < 1.29 is 19.2 Å². The minimum absolute atomic E-state index is 0.0305. The number of thioether (sulfide) groups is 1. The summed E-state index contributed by atoms with van der Waals surface area (Å²) in [4.78, 5) is 35.4. The van der Waals surface area contributed by atoms with Crippen molar-refractivity contribution in [3.63, 3.8) is 0 Å². The molecule has 0 N–H and O–H groups in total. The van der Waals surface area contributed by atoms with Crippen molar-refractivity contribution in [3.8, 4) is 0 Å². The van der Waals surface area contributed by atoms with E-state index in [1.807, 2.05) is 0 Å². The fraction of sp³-hybridized carbons (Fsp3) is 0.214. The number of ether oxygens (including phenoxy) is 1. The van der Waals surface area contributed by atoms with Crippen LogP contribution in [0.3, 0.4) is 0 Å². The zero-order valence-corrected chi connectivity index (χ0v) is 13.7. The van der Waals surface area contributed by atoms with Gasteiger partial charge >= 0.3 is 5.97 Å². The lowest BCUT2D eigenvalue weighted by Crippen LogP contribution is -2.34. The Morgan fingerprint density at radius 1 is 1.43 bits per heavy atom. The molecule has 1 aromatic carbocycles. The Hall–Kier alpha value is -2.26. The van der Waals surface area contributed by atoms with Gasteiger partial charge in [-0.15, -0.1) is 0 Å². The molecule has 1 aromatic rings. The van der Waals surface area contributed by atoms with Crippen LogP contribution in [0.5, 0.6) is 0 Å². The predicted octanol–water partition coefficient (Wildman–Crippen LogP) is 2.36. The number of non-ortho nitro benzene ring substituents is 1. The summed E-state index contributed by atoms with van der Waals surface area (Å²) in [5.41, 5.74) is 0.601. The molecule has 9 heteroatoms. The van der Waals surface area contributed by atoms with E-state index < -0.39 is 10.9 Å². The molecule has 120 valence electrons. The Bertz CT molecular complexity index is 700. The third-order valence-electron chi connectivity index (χ3n) is 2.87. The van der Waals surface area contributed by atoms with E-state index in [0.29, 0.717) is 10.5 Å². The van der Waals surface area contributed by atoms with Gasteiger partial charge in [-0.05, 0) is 30.7 Å². The summed E-state index contributed by atoms with van der Waals surface area (Å²) in [7, 11) is 0. The van der Waals surface area contributed by atoms with Crippen molar-refractivity contribution in [1.29, 1.82) is 0 Å². The third kappa shape index (κ3) is 4.14. The lowest BCUT2D eigenvalue weighted by Gasteiger charge is -2.12. The Morgan fingerprint density at radius 2 is 2.09 bits per heavy atom. The maximum atomic E-state index is 12.3. The van der Waals surface area contributed by atoms with Crippen molar-refractivity contribution in [2.24, 2.45) is 0 Å². The topological polar surface area (TPSA) is 89.8 Å². The number of nitrogens with zero attached hydrogens (tertiary/aromatic N) is 2. The summed E-state index contributed by atoms with van der Waals surface area (Å²) in [5, 5.41) is 10.6. The van der Waals surface area contributed by atoms with Crippen LogP contribution in [-0.2, 0) is 14.3 Å². The van der Waals surface area contributed by atoms with Gasteiger partial charge in [0.1, 0.15) is 10.9 Å². The summed E-state index contributed by atoms with van der Waals surface area (Å²) < 4.78 is 5.08. The van der Waals surface area contributed by atoms with Gasteiger partial charge in [0, 0.05) is 12.1 Å². The summed E-state index contributed by atoms with van der Waals surface area (Å²) in [6.45, 7) is 1.68. The first-order chi connectivity index (χ1) is 10.9. The molecule has 0 aliphatic carbocycles. The zero-order valence-electron chi connectivity index (χ0n) is 12.1. The summed E-state index contributed by atoms with van der Waals surface area (Å²) in [6.07, 6.45) is 1.58. The predicted molar refractivity (Wildman–Crippen MR) is 89.6 cm³/mol. The van der Waals surface area contributed by atoms with E-state index in [4.69, 9.17) is 17.0 Å². The second-order valence-corrected chi connectivity index (χ2v) is 6.10. The van der Waals surface area contributed by atoms with Crippen LogP contribution in [0.4, 0.5) is 5.69 Å². The van der Waals surface area contributed by atoms with Crippen LogP contribution in [0.15, 0.2) is 29.2 Å². The highest BCUT2D eigenvalue weighted by Gasteiger charge is 2.33. The van der Waals surface area contributed by atoms with Gasteiger partial charge in [-0.3, -0.25) is 24.6 Å². The second kappa shape index (κ2) is 7.34. The van der Waals surface area contributed by atoms with Gasteiger partial charge in [0.25, 0.3) is 11.6 Å². The Labute approximate surface area is 141 Å². The fourth-order valence-electron chi connectivity index (χ4n) is 1.82. The van der Waals surface area contributed by atoms with Crippen LogP contribution in [0, 0.1) is 10.1 Å². The minimum atomic E-state index is -0.527. The van der Waals surface area contributed by atoms with E-state index in [1.165, 1.54) is 29.2 Å². The Morgan fingerprint density at radius 3 is 2.65 bits per heavy atom. The van der Waals surface area contributed by atoms with Gasteiger partial charge in [0.2, 0.25) is 0 Å². The number of hydrogen-bond acceptors (Lipinski definition) is 7. The van der Waals surface area contributed by atoms with E-state index >= 15 is 0 Å². The molecule has 1 fully saturated rings. The summed E-state index contributed by atoms with van der Waals surface area (Å²) in [5.74, 6) is -0.910. The lowest BCUT2D eigenvalue weighted by molar-refractivity contribution is -0.384. The number of esters is 1. The van der Waals surface area contributed by atoms with Crippen LogP contribution in [0.25, 0.3) is 6.08 Å². The average Bonchev–Trinajstić information content (AvgIpc) is 2.76. The molecule has 0 atom stereocenters. The molecule has 1 aliphatic rings. The van der Waals surface area contributed by atoms with Crippen molar-refractivity contribution in [2.45, 2.75) is 6.92 Å². The first-order valence-electron chi connectivity index (χ1n) is 6.57. The maximum absolute atomic E-state index is 12.3. The molecule has 0 unspecified atom stereocenters. The molecule has 1 aliphatic heterocycles. The molecule has 0 bridgehead atoms. The highest BCUT2D eigenvalue weighted by molar-refractivity contribution is 8.26. The first kappa shape index (κ1) is 17.1. The van der Waals surface area contributed by atoms with Crippen molar-refractivity contribution in [2.75, 3.05) is 13.2 Å². The largest absolute Gasteiger partial charge is 0.465 e. The normalized spacial score (nSPS) is 16.0. The molecule has 0 saturated carbocycles. The number of carbonyl (C=O) groups is 2. The molecule has 23 heavy (non-hydrogen) atoms. The van der Waals surface area contributed by atoms with Gasteiger partial charge in [-0.1, -0.05) is 24.0 Å². The molecule has 0 radical (unpaired) electrons. The van der Waals surface area contributed by atoms with Crippen LogP contribution in [0.2, 0.25) is 0 Å². The molecule has 1 saturated heterocycles. The van der Waals surface area contributed by atoms with Gasteiger partial charge in [-0.25, -0.2) is 0 Å². The molecular weight excluding hydrogens is 340 g/mol. The van der Waals surface area contributed by atoms with Gasteiger partial charge in [0.05, 0.1) is 16.4 Å².